The quantitative estimate of drug-likeness (QED) is 0.577. The average molecular weight is 145 g/mol. The summed E-state index contributed by atoms with van der Waals surface area (Å²) in [7, 11) is 0. The summed E-state index contributed by atoms with van der Waals surface area (Å²) in [6, 6.07) is 7.52. The lowest BCUT2D eigenvalue weighted by molar-refractivity contribution is 0.369. The predicted octanol–water partition coefficient (Wildman–Crippen LogP) is 1.88. The van der Waals surface area contributed by atoms with Gasteiger partial charge in [-0.1, -0.05) is 24.1 Å². The first kappa shape index (κ1) is 7.68. The normalized spacial score (nSPS) is 8.73. The highest BCUT2D eigenvalue weighted by Gasteiger charge is 1.94. The molecular weight excluding hydrogens is 136 g/mol. The molecule has 0 aliphatic rings. The Balaban J connectivity index is 2.71. The average Bonchev–Trinajstić information content (AvgIpc) is 2.03. The van der Waals surface area contributed by atoms with Crippen LogP contribution in [0.15, 0.2) is 24.3 Å². The molecule has 11 heavy (non-hydrogen) atoms. The molecule has 0 aromatic heterocycles. The minimum atomic E-state index is 0.298. The molecule has 1 rings (SSSR count). The van der Waals surface area contributed by atoms with Gasteiger partial charge in [0.15, 0.2) is 0 Å². The number of benzene rings is 1. The van der Waals surface area contributed by atoms with Gasteiger partial charge < -0.3 is 4.74 Å². The minimum absolute atomic E-state index is 0.298. The summed E-state index contributed by atoms with van der Waals surface area (Å²) in [4.78, 5) is 0. The summed E-state index contributed by atoms with van der Waals surface area (Å²) in [6.45, 7) is 4.08. The van der Waals surface area contributed by atoms with Crippen LogP contribution in [0.1, 0.15) is 5.56 Å². The fourth-order valence-corrected chi connectivity index (χ4v) is 0.764. The van der Waals surface area contributed by atoms with Crippen molar-refractivity contribution in [1.82, 2.24) is 0 Å². The molecule has 0 amide bonds. The van der Waals surface area contributed by atoms with Crippen LogP contribution in [0, 0.1) is 19.3 Å². The first-order chi connectivity index (χ1) is 5.34. The Morgan fingerprint density at radius 3 is 2.82 bits per heavy atom. The Morgan fingerprint density at radius 1 is 1.45 bits per heavy atom. The second kappa shape index (κ2) is 3.68. The highest BCUT2D eigenvalue weighted by atomic mass is 16.5. The van der Waals surface area contributed by atoms with Gasteiger partial charge in [-0.3, -0.25) is 0 Å². The van der Waals surface area contributed by atoms with E-state index in [0.29, 0.717) is 6.61 Å². The molecule has 0 saturated carbocycles. The number of hydrogen-bond acceptors (Lipinski definition) is 1. The molecule has 0 N–H and O–H groups in total. The van der Waals surface area contributed by atoms with Crippen LogP contribution in [-0.4, -0.2) is 6.61 Å². The molecule has 0 aliphatic heterocycles. The Hall–Kier alpha value is -1.42. The van der Waals surface area contributed by atoms with Crippen molar-refractivity contribution in [2.75, 3.05) is 6.61 Å². The summed E-state index contributed by atoms with van der Waals surface area (Å²) >= 11 is 0. The zero-order chi connectivity index (χ0) is 8.10. The third-order valence-electron chi connectivity index (χ3n) is 1.28. The molecule has 0 fully saturated rings. The molecule has 0 spiro atoms. The van der Waals surface area contributed by atoms with Gasteiger partial charge >= 0.3 is 0 Å². The maximum Gasteiger partial charge on any atom is 0.148 e. The second-order valence-electron chi connectivity index (χ2n) is 2.10. The van der Waals surface area contributed by atoms with Crippen LogP contribution in [-0.2, 0) is 0 Å². The lowest BCUT2D eigenvalue weighted by Gasteiger charge is -2.03. The topological polar surface area (TPSA) is 9.23 Å². The van der Waals surface area contributed by atoms with E-state index in [0.717, 1.165) is 11.3 Å². The van der Waals surface area contributed by atoms with E-state index < -0.39 is 0 Å². The third-order valence-corrected chi connectivity index (χ3v) is 1.28. The minimum Gasteiger partial charge on any atom is -0.481 e. The first-order valence-corrected chi connectivity index (χ1v) is 3.32. The smallest absolute Gasteiger partial charge is 0.148 e. The Labute approximate surface area is 67.0 Å². The van der Waals surface area contributed by atoms with Gasteiger partial charge in [0.05, 0.1) is 0 Å². The van der Waals surface area contributed by atoms with E-state index in [9.17, 15) is 0 Å². The van der Waals surface area contributed by atoms with Crippen LogP contribution >= 0.6 is 0 Å². The number of para-hydroxylation sites is 1. The highest BCUT2D eigenvalue weighted by molar-refractivity contribution is 5.35. The van der Waals surface area contributed by atoms with Crippen molar-refractivity contribution in [3.63, 3.8) is 0 Å². The molecular formula is C10H9O. The maximum atomic E-state index is 5.19. The second-order valence-corrected chi connectivity index (χ2v) is 2.10. The SMILES string of the molecule is C#CCOc1ccccc1[CH2]. The van der Waals surface area contributed by atoms with Crippen LogP contribution in [0.5, 0.6) is 5.75 Å². The summed E-state index contributed by atoms with van der Waals surface area (Å²) < 4.78 is 5.19. The van der Waals surface area contributed by atoms with Gasteiger partial charge in [-0.05, 0) is 18.6 Å². The summed E-state index contributed by atoms with van der Waals surface area (Å²) in [5.74, 6) is 3.15. The molecule has 1 aromatic rings. The number of rotatable bonds is 2. The van der Waals surface area contributed by atoms with Crippen LogP contribution < -0.4 is 4.74 Å². The molecule has 1 aromatic carbocycles. The summed E-state index contributed by atoms with van der Waals surface area (Å²) in [5.41, 5.74) is 0.864. The van der Waals surface area contributed by atoms with E-state index in [1.54, 1.807) is 0 Å². The van der Waals surface area contributed by atoms with Crippen molar-refractivity contribution >= 4 is 0 Å². The van der Waals surface area contributed by atoms with Crippen molar-refractivity contribution in [2.45, 2.75) is 0 Å². The van der Waals surface area contributed by atoms with Gasteiger partial charge in [-0.2, -0.15) is 0 Å². The zero-order valence-corrected chi connectivity index (χ0v) is 6.21. The molecule has 1 nitrogen and oxygen atoms in total. The van der Waals surface area contributed by atoms with Gasteiger partial charge in [-0.25, -0.2) is 0 Å². The van der Waals surface area contributed by atoms with Gasteiger partial charge in [0.1, 0.15) is 12.4 Å². The fourth-order valence-electron chi connectivity index (χ4n) is 0.764. The van der Waals surface area contributed by atoms with Gasteiger partial charge in [0, 0.05) is 0 Å². The first-order valence-electron chi connectivity index (χ1n) is 3.32. The summed E-state index contributed by atoms with van der Waals surface area (Å²) in [6.07, 6.45) is 5.03. The van der Waals surface area contributed by atoms with E-state index in [4.69, 9.17) is 11.2 Å². The standard InChI is InChI=1S/C10H9O/c1-3-8-11-10-7-5-4-6-9(10)2/h1,4-7H,2,8H2. The third kappa shape index (κ3) is 2.01. The summed E-state index contributed by atoms with van der Waals surface area (Å²) in [5, 5.41) is 0. The van der Waals surface area contributed by atoms with Crippen molar-refractivity contribution in [3.05, 3.63) is 36.8 Å². The van der Waals surface area contributed by atoms with Crippen molar-refractivity contribution in [2.24, 2.45) is 0 Å². The van der Waals surface area contributed by atoms with Crippen LogP contribution in [0.4, 0.5) is 0 Å². The van der Waals surface area contributed by atoms with Gasteiger partial charge in [0.2, 0.25) is 0 Å². The number of ether oxygens (including phenoxy) is 1. The van der Waals surface area contributed by atoms with Crippen LogP contribution in [0.2, 0.25) is 0 Å². The van der Waals surface area contributed by atoms with Gasteiger partial charge in [-0.15, -0.1) is 6.42 Å². The number of hydrogen-bond donors (Lipinski definition) is 0. The molecule has 0 aliphatic carbocycles. The molecule has 0 atom stereocenters. The monoisotopic (exact) mass is 145 g/mol. The Morgan fingerprint density at radius 2 is 2.18 bits per heavy atom. The molecule has 1 radical (unpaired) electrons. The number of terminal acetylenes is 1. The predicted molar refractivity (Wildman–Crippen MR) is 45.2 cm³/mol. The van der Waals surface area contributed by atoms with E-state index in [1.165, 1.54) is 0 Å². The molecule has 0 bridgehead atoms. The van der Waals surface area contributed by atoms with Crippen LogP contribution in [0.25, 0.3) is 0 Å². The van der Waals surface area contributed by atoms with Crippen molar-refractivity contribution < 1.29 is 4.74 Å². The lowest BCUT2D eigenvalue weighted by Crippen LogP contribution is -1.94. The zero-order valence-electron chi connectivity index (χ0n) is 6.21. The molecule has 0 unspecified atom stereocenters. The molecule has 1 heteroatoms. The van der Waals surface area contributed by atoms with Gasteiger partial charge in [0.25, 0.3) is 0 Å². The molecule has 0 saturated heterocycles. The fraction of sp³-hybridized carbons (Fsp3) is 0.100. The van der Waals surface area contributed by atoms with E-state index in [-0.39, 0.29) is 0 Å². The largest absolute Gasteiger partial charge is 0.481 e. The van der Waals surface area contributed by atoms with Crippen LogP contribution in [0.3, 0.4) is 0 Å². The van der Waals surface area contributed by atoms with Crippen molar-refractivity contribution in [1.29, 1.82) is 0 Å². The van der Waals surface area contributed by atoms with Crippen molar-refractivity contribution in [3.8, 4) is 18.1 Å². The van der Waals surface area contributed by atoms with E-state index in [2.05, 4.69) is 12.8 Å². The maximum absolute atomic E-state index is 5.19. The van der Waals surface area contributed by atoms with E-state index in [1.807, 2.05) is 24.3 Å². The Bertz CT molecular complexity index is 270. The van der Waals surface area contributed by atoms with E-state index >= 15 is 0 Å². The highest BCUT2D eigenvalue weighted by Crippen LogP contribution is 2.15. The molecule has 55 valence electrons. The lowest BCUT2D eigenvalue weighted by atomic mass is 10.2. The Kier molecular flexibility index (Phi) is 2.57. The molecule has 0 heterocycles.